The highest BCUT2D eigenvalue weighted by Crippen LogP contribution is 2.13. The number of halogens is 1. The van der Waals surface area contributed by atoms with Crippen molar-refractivity contribution in [3.63, 3.8) is 0 Å². The average Bonchev–Trinajstić information content (AvgIpc) is 2.57. The Morgan fingerprint density at radius 2 is 1.96 bits per heavy atom. The van der Waals surface area contributed by atoms with Crippen LogP contribution >= 0.6 is 11.8 Å². The zero-order chi connectivity index (χ0) is 16.5. The third-order valence-corrected chi connectivity index (χ3v) is 4.21. The summed E-state index contributed by atoms with van der Waals surface area (Å²) >= 11 is 1.51. The largest absolute Gasteiger partial charge is 0.355 e. The molecule has 2 rings (SSSR count). The van der Waals surface area contributed by atoms with Gasteiger partial charge in [-0.2, -0.15) is 5.26 Å². The Hall–Kier alpha value is -2.32. The average molecular weight is 328 g/mol. The van der Waals surface area contributed by atoms with Crippen LogP contribution in [0.2, 0.25) is 0 Å². The molecule has 23 heavy (non-hydrogen) atoms. The van der Waals surface area contributed by atoms with Gasteiger partial charge in [-0.25, -0.2) is 4.39 Å². The van der Waals surface area contributed by atoms with Crippen LogP contribution in [0.1, 0.15) is 16.7 Å². The summed E-state index contributed by atoms with van der Waals surface area (Å²) in [7, 11) is 0. The fourth-order valence-electron chi connectivity index (χ4n) is 2.04. The lowest BCUT2D eigenvalue weighted by Gasteiger charge is -2.06. The van der Waals surface area contributed by atoms with Gasteiger partial charge in [0.25, 0.3) is 0 Å². The van der Waals surface area contributed by atoms with Gasteiger partial charge >= 0.3 is 0 Å². The zero-order valence-corrected chi connectivity index (χ0v) is 13.4. The molecule has 0 atom stereocenters. The lowest BCUT2D eigenvalue weighted by atomic mass is 10.1. The number of nitrogens with zero attached hydrogens (tertiary/aromatic N) is 1. The first-order valence-electron chi connectivity index (χ1n) is 7.25. The summed E-state index contributed by atoms with van der Waals surface area (Å²) in [6.07, 6.45) is 0.681. The molecule has 0 radical (unpaired) electrons. The van der Waals surface area contributed by atoms with E-state index >= 15 is 0 Å². The van der Waals surface area contributed by atoms with Crippen molar-refractivity contribution in [2.75, 3.05) is 12.3 Å². The minimum Gasteiger partial charge on any atom is -0.355 e. The monoisotopic (exact) mass is 328 g/mol. The number of hydrogen-bond acceptors (Lipinski definition) is 3. The summed E-state index contributed by atoms with van der Waals surface area (Å²) in [6.45, 7) is 0.537. The highest BCUT2D eigenvalue weighted by Gasteiger charge is 2.03. The topological polar surface area (TPSA) is 52.9 Å². The number of carbonyl (C=O) groups is 1. The van der Waals surface area contributed by atoms with Crippen LogP contribution in [0.5, 0.6) is 0 Å². The first kappa shape index (κ1) is 17.0. The Morgan fingerprint density at radius 3 is 2.70 bits per heavy atom. The van der Waals surface area contributed by atoms with Crippen molar-refractivity contribution in [3.8, 4) is 6.07 Å². The number of carbonyl (C=O) groups excluding carboxylic acids is 1. The van der Waals surface area contributed by atoms with E-state index in [1.165, 1.54) is 23.9 Å². The summed E-state index contributed by atoms with van der Waals surface area (Å²) in [5.74, 6) is 0.796. The second-order valence-electron chi connectivity index (χ2n) is 5.03. The Labute approximate surface area is 139 Å². The van der Waals surface area contributed by atoms with Gasteiger partial charge in [0, 0.05) is 12.3 Å². The van der Waals surface area contributed by atoms with E-state index in [-0.39, 0.29) is 11.7 Å². The smallest absolute Gasteiger partial charge is 0.230 e. The van der Waals surface area contributed by atoms with E-state index in [0.717, 1.165) is 11.1 Å². The zero-order valence-electron chi connectivity index (χ0n) is 12.6. The fourth-order valence-corrected chi connectivity index (χ4v) is 2.85. The van der Waals surface area contributed by atoms with Crippen LogP contribution in [-0.2, 0) is 17.0 Å². The minimum atomic E-state index is -0.255. The lowest BCUT2D eigenvalue weighted by molar-refractivity contribution is -0.118. The normalized spacial score (nSPS) is 10.1. The molecule has 1 N–H and O–H groups in total. The standard InChI is InChI=1S/C18H17FN2OS/c19-17-6-4-14(5-7-17)8-9-21-18(22)13-23-12-16-3-1-2-15(10-16)11-20/h1-7,10H,8-9,12-13H2,(H,21,22). The molecule has 0 unspecified atom stereocenters. The van der Waals surface area contributed by atoms with Gasteiger partial charge in [-0.3, -0.25) is 4.79 Å². The molecule has 0 spiro atoms. The molecule has 2 aromatic rings. The number of hydrogen-bond donors (Lipinski definition) is 1. The van der Waals surface area contributed by atoms with E-state index in [2.05, 4.69) is 11.4 Å². The molecule has 0 aromatic heterocycles. The molecular formula is C18H17FN2OS. The molecule has 5 heteroatoms. The predicted molar refractivity (Wildman–Crippen MR) is 90.4 cm³/mol. The van der Waals surface area contributed by atoms with Crippen LogP contribution in [0.3, 0.4) is 0 Å². The van der Waals surface area contributed by atoms with Gasteiger partial charge in [-0.1, -0.05) is 24.3 Å². The second kappa shape index (κ2) is 8.96. The fraction of sp³-hybridized carbons (Fsp3) is 0.222. The third kappa shape index (κ3) is 6.13. The molecule has 0 bridgehead atoms. The van der Waals surface area contributed by atoms with Gasteiger partial charge in [0.05, 0.1) is 17.4 Å². The maximum atomic E-state index is 12.8. The quantitative estimate of drug-likeness (QED) is 0.848. The van der Waals surface area contributed by atoms with E-state index < -0.39 is 0 Å². The van der Waals surface area contributed by atoms with Gasteiger partial charge in [0.15, 0.2) is 0 Å². The summed E-state index contributed by atoms with van der Waals surface area (Å²) < 4.78 is 12.8. The Morgan fingerprint density at radius 1 is 1.17 bits per heavy atom. The van der Waals surface area contributed by atoms with Gasteiger partial charge in [-0.05, 0) is 41.8 Å². The lowest BCUT2D eigenvalue weighted by Crippen LogP contribution is -2.27. The molecule has 0 fully saturated rings. The van der Waals surface area contributed by atoms with E-state index in [1.54, 1.807) is 18.2 Å². The van der Waals surface area contributed by atoms with Gasteiger partial charge in [-0.15, -0.1) is 11.8 Å². The van der Waals surface area contributed by atoms with Crippen molar-refractivity contribution in [2.45, 2.75) is 12.2 Å². The van der Waals surface area contributed by atoms with E-state index in [0.29, 0.717) is 30.0 Å². The first-order valence-corrected chi connectivity index (χ1v) is 8.41. The molecule has 0 aliphatic rings. The molecular weight excluding hydrogens is 311 g/mol. The Balaban J connectivity index is 1.65. The van der Waals surface area contributed by atoms with Gasteiger partial charge in [0.1, 0.15) is 5.82 Å². The van der Waals surface area contributed by atoms with Crippen molar-refractivity contribution in [3.05, 3.63) is 71.0 Å². The molecule has 0 saturated heterocycles. The number of rotatable bonds is 7. The summed E-state index contributed by atoms with van der Waals surface area (Å²) in [5.41, 5.74) is 2.66. The van der Waals surface area contributed by atoms with Crippen LogP contribution in [-0.4, -0.2) is 18.2 Å². The third-order valence-electron chi connectivity index (χ3n) is 3.21. The van der Waals surface area contributed by atoms with Crippen LogP contribution in [0.4, 0.5) is 4.39 Å². The maximum absolute atomic E-state index is 12.8. The molecule has 118 valence electrons. The number of benzene rings is 2. The van der Waals surface area contributed by atoms with Crippen molar-refractivity contribution >= 4 is 17.7 Å². The van der Waals surface area contributed by atoms with Crippen LogP contribution in [0.25, 0.3) is 0 Å². The Kier molecular flexibility index (Phi) is 6.64. The summed E-state index contributed by atoms with van der Waals surface area (Å²) in [5, 5.41) is 11.7. The Bertz CT molecular complexity index is 695. The molecule has 1 amide bonds. The van der Waals surface area contributed by atoms with Crippen LogP contribution in [0, 0.1) is 17.1 Å². The van der Waals surface area contributed by atoms with E-state index in [4.69, 9.17) is 5.26 Å². The predicted octanol–water partition coefficient (Wildman–Crippen LogP) is 3.29. The minimum absolute atomic E-state index is 0.0199. The number of nitriles is 1. The van der Waals surface area contributed by atoms with Crippen LogP contribution in [0.15, 0.2) is 48.5 Å². The van der Waals surface area contributed by atoms with Crippen LogP contribution < -0.4 is 5.32 Å². The van der Waals surface area contributed by atoms with Crippen molar-refractivity contribution < 1.29 is 9.18 Å². The number of thioether (sulfide) groups is 1. The number of amides is 1. The molecule has 3 nitrogen and oxygen atoms in total. The SMILES string of the molecule is N#Cc1cccc(CSCC(=O)NCCc2ccc(F)cc2)c1. The second-order valence-corrected chi connectivity index (χ2v) is 6.02. The maximum Gasteiger partial charge on any atom is 0.230 e. The molecule has 0 aliphatic heterocycles. The summed E-state index contributed by atoms with van der Waals surface area (Å²) in [4.78, 5) is 11.8. The van der Waals surface area contributed by atoms with Gasteiger partial charge < -0.3 is 5.32 Å². The number of nitrogens with one attached hydrogen (secondary N) is 1. The van der Waals surface area contributed by atoms with Crippen molar-refractivity contribution in [1.29, 1.82) is 5.26 Å². The molecule has 0 heterocycles. The first-order chi connectivity index (χ1) is 11.2. The molecule has 0 aliphatic carbocycles. The van der Waals surface area contributed by atoms with E-state index in [1.807, 2.05) is 18.2 Å². The van der Waals surface area contributed by atoms with E-state index in [9.17, 15) is 9.18 Å². The highest BCUT2D eigenvalue weighted by molar-refractivity contribution is 7.99. The van der Waals surface area contributed by atoms with Crippen molar-refractivity contribution in [2.24, 2.45) is 0 Å². The molecule has 2 aromatic carbocycles. The molecule has 0 saturated carbocycles. The highest BCUT2D eigenvalue weighted by atomic mass is 32.2. The van der Waals surface area contributed by atoms with Crippen molar-refractivity contribution in [1.82, 2.24) is 5.32 Å². The van der Waals surface area contributed by atoms with Gasteiger partial charge in [0.2, 0.25) is 5.91 Å². The summed E-state index contributed by atoms with van der Waals surface area (Å²) in [6, 6.07) is 15.8.